The van der Waals surface area contributed by atoms with Gasteiger partial charge in [-0.1, -0.05) is 27.7 Å². The Balaban J connectivity index is 2.18. The highest BCUT2D eigenvalue weighted by molar-refractivity contribution is 5.88. The predicted molar refractivity (Wildman–Crippen MR) is 98.8 cm³/mol. The van der Waals surface area contributed by atoms with Gasteiger partial charge in [0.25, 0.3) is 0 Å². The number of aliphatic hydroxyl groups excluding tert-OH is 1. The summed E-state index contributed by atoms with van der Waals surface area (Å²) in [5.74, 6) is 3.57. The van der Waals surface area contributed by atoms with E-state index in [1.54, 1.807) is 7.11 Å². The molecule has 0 saturated heterocycles. The highest BCUT2D eigenvalue weighted by Gasteiger charge is 2.67. The van der Waals surface area contributed by atoms with E-state index in [-0.39, 0.29) is 34.6 Å². The lowest BCUT2D eigenvalue weighted by Gasteiger charge is -2.61. The maximum absolute atomic E-state index is 13.5. The van der Waals surface area contributed by atoms with E-state index < -0.39 is 11.5 Å². The summed E-state index contributed by atoms with van der Waals surface area (Å²) in [6.45, 7) is 8.61. The molecule has 3 nitrogen and oxygen atoms in total. The molecular weight excluding hydrogens is 312 g/mol. The van der Waals surface area contributed by atoms with Crippen molar-refractivity contribution in [3.05, 3.63) is 0 Å². The molecule has 0 heterocycles. The molecule has 0 aromatic carbocycles. The number of Topliss-reactive ketones (excluding diaryl/α,β-unsaturated/α-hetero) is 1. The van der Waals surface area contributed by atoms with Gasteiger partial charge in [-0.2, -0.15) is 0 Å². The van der Waals surface area contributed by atoms with E-state index in [2.05, 4.69) is 26.7 Å². The molecule has 25 heavy (non-hydrogen) atoms. The van der Waals surface area contributed by atoms with Crippen molar-refractivity contribution in [2.24, 2.45) is 34.0 Å². The quantitative estimate of drug-likeness (QED) is 0.773. The lowest BCUT2D eigenvalue weighted by Crippen LogP contribution is -2.62. The maximum Gasteiger partial charge on any atom is 0.143 e. The fourth-order valence-corrected chi connectivity index (χ4v) is 6.91. The SMILES string of the molecule is C#CC[C@]1(C)C[C@@H](O)[C@]2(C)[C@@H](C)CC[C@]3(CC[C@@H](OC)[C@@H]32)[C@@H](C)C1=O. The third kappa shape index (κ3) is 2.37. The zero-order valence-electron chi connectivity index (χ0n) is 16.5. The van der Waals surface area contributed by atoms with Gasteiger partial charge in [0.1, 0.15) is 5.78 Å². The van der Waals surface area contributed by atoms with Crippen molar-refractivity contribution in [1.82, 2.24) is 0 Å². The number of methoxy groups -OCH3 is 1. The van der Waals surface area contributed by atoms with Crippen LogP contribution in [0.1, 0.15) is 66.2 Å². The van der Waals surface area contributed by atoms with Gasteiger partial charge in [-0.25, -0.2) is 0 Å². The Kier molecular flexibility index (Phi) is 4.62. The molecule has 1 N–H and O–H groups in total. The average Bonchev–Trinajstić information content (AvgIpc) is 2.97. The maximum atomic E-state index is 13.5. The number of carbonyl (C=O) groups is 1. The third-order valence-corrected chi connectivity index (χ3v) is 8.67. The largest absolute Gasteiger partial charge is 0.393 e. The molecule has 3 heteroatoms. The van der Waals surface area contributed by atoms with Gasteiger partial charge in [0.15, 0.2) is 0 Å². The molecule has 0 radical (unpaired) electrons. The number of ketones is 1. The molecule has 3 aliphatic rings. The number of carbonyl (C=O) groups excluding carboxylic acids is 1. The van der Waals surface area contributed by atoms with Crippen LogP contribution < -0.4 is 0 Å². The van der Waals surface area contributed by atoms with E-state index in [4.69, 9.17) is 11.2 Å². The van der Waals surface area contributed by atoms with Gasteiger partial charge >= 0.3 is 0 Å². The topological polar surface area (TPSA) is 46.5 Å². The van der Waals surface area contributed by atoms with Crippen LogP contribution in [-0.2, 0) is 9.53 Å². The molecule has 0 aliphatic heterocycles. The molecule has 8 atom stereocenters. The van der Waals surface area contributed by atoms with Crippen LogP contribution in [0.15, 0.2) is 0 Å². The Morgan fingerprint density at radius 3 is 2.52 bits per heavy atom. The molecule has 0 spiro atoms. The van der Waals surface area contributed by atoms with Gasteiger partial charge in [-0.05, 0) is 49.4 Å². The summed E-state index contributed by atoms with van der Waals surface area (Å²) in [5.41, 5.74) is -0.925. The average molecular weight is 347 g/mol. The van der Waals surface area contributed by atoms with Gasteiger partial charge in [-0.3, -0.25) is 4.79 Å². The molecule has 0 amide bonds. The summed E-state index contributed by atoms with van der Waals surface area (Å²) in [6, 6.07) is 0. The van der Waals surface area contributed by atoms with Crippen LogP contribution in [-0.4, -0.2) is 30.2 Å². The van der Waals surface area contributed by atoms with Crippen molar-refractivity contribution in [3.8, 4) is 12.3 Å². The van der Waals surface area contributed by atoms with E-state index in [9.17, 15) is 9.90 Å². The van der Waals surface area contributed by atoms with Crippen LogP contribution >= 0.6 is 0 Å². The summed E-state index contributed by atoms with van der Waals surface area (Å²) in [4.78, 5) is 13.5. The summed E-state index contributed by atoms with van der Waals surface area (Å²) >= 11 is 0. The summed E-state index contributed by atoms with van der Waals surface area (Å²) in [5, 5.41) is 11.4. The Morgan fingerprint density at radius 2 is 1.92 bits per heavy atom. The Morgan fingerprint density at radius 1 is 1.28 bits per heavy atom. The first-order valence-corrected chi connectivity index (χ1v) is 9.86. The number of aliphatic hydroxyl groups is 1. The fraction of sp³-hybridized carbons (Fsp3) is 0.864. The van der Waals surface area contributed by atoms with Gasteiger partial charge in [-0.15, -0.1) is 12.3 Å². The summed E-state index contributed by atoms with van der Waals surface area (Å²) < 4.78 is 5.90. The third-order valence-electron chi connectivity index (χ3n) is 8.67. The van der Waals surface area contributed by atoms with Crippen molar-refractivity contribution >= 4 is 5.78 Å². The number of ether oxygens (including phenoxy) is 1. The molecule has 0 unspecified atom stereocenters. The normalized spacial score (nSPS) is 52.8. The van der Waals surface area contributed by atoms with Crippen molar-refractivity contribution in [3.63, 3.8) is 0 Å². The van der Waals surface area contributed by atoms with Crippen molar-refractivity contribution in [1.29, 1.82) is 0 Å². The second-order valence-corrected chi connectivity index (χ2v) is 9.58. The summed E-state index contributed by atoms with van der Waals surface area (Å²) in [6.07, 6.45) is 10.2. The van der Waals surface area contributed by atoms with Gasteiger partial charge in [0.05, 0.1) is 12.2 Å². The minimum atomic E-state index is -0.630. The van der Waals surface area contributed by atoms with Crippen LogP contribution in [0.2, 0.25) is 0 Å². The van der Waals surface area contributed by atoms with E-state index >= 15 is 0 Å². The first-order valence-electron chi connectivity index (χ1n) is 9.86. The minimum absolute atomic E-state index is 0.0321. The molecule has 0 aromatic rings. The molecule has 3 fully saturated rings. The van der Waals surface area contributed by atoms with Crippen LogP contribution in [0.5, 0.6) is 0 Å². The van der Waals surface area contributed by atoms with Crippen LogP contribution in [0, 0.1) is 46.3 Å². The molecular formula is C22H34O3. The van der Waals surface area contributed by atoms with Crippen LogP contribution in [0.3, 0.4) is 0 Å². The summed E-state index contributed by atoms with van der Waals surface area (Å²) in [7, 11) is 1.79. The Hall–Kier alpha value is -0.850. The van der Waals surface area contributed by atoms with Gasteiger partial charge < -0.3 is 9.84 Å². The standard InChI is InChI=1S/C22H34O3/c1-7-10-20(4)13-17(23)21(5)14(2)8-11-22(15(3)19(20)24)12-9-16(25-6)18(21)22/h1,14-18,23H,8-13H2,2-6H3/t14-,15-,16+,17+,18+,20+,21-,22-/m0/s1. The number of terminal acetylenes is 1. The van der Waals surface area contributed by atoms with Crippen LogP contribution in [0.4, 0.5) is 0 Å². The lowest BCUT2D eigenvalue weighted by atomic mass is 9.44. The smallest absolute Gasteiger partial charge is 0.143 e. The second-order valence-electron chi connectivity index (χ2n) is 9.58. The van der Waals surface area contributed by atoms with Crippen molar-refractivity contribution in [2.45, 2.75) is 78.4 Å². The highest BCUT2D eigenvalue weighted by Crippen LogP contribution is 2.68. The Labute approximate surface area is 152 Å². The first-order chi connectivity index (χ1) is 11.7. The minimum Gasteiger partial charge on any atom is -0.393 e. The zero-order valence-corrected chi connectivity index (χ0v) is 16.5. The van der Waals surface area contributed by atoms with E-state index in [0.29, 0.717) is 18.8 Å². The van der Waals surface area contributed by atoms with E-state index in [1.165, 1.54) is 0 Å². The van der Waals surface area contributed by atoms with E-state index in [0.717, 1.165) is 25.7 Å². The second kappa shape index (κ2) is 6.10. The molecule has 3 aliphatic carbocycles. The van der Waals surface area contributed by atoms with Crippen molar-refractivity contribution < 1.29 is 14.6 Å². The first kappa shape index (κ1) is 18.9. The van der Waals surface area contributed by atoms with E-state index in [1.807, 2.05) is 6.92 Å². The monoisotopic (exact) mass is 346 g/mol. The van der Waals surface area contributed by atoms with Gasteiger partial charge in [0.2, 0.25) is 0 Å². The number of hydrogen-bond donors (Lipinski definition) is 1. The molecule has 3 rings (SSSR count). The molecule has 2 bridgehead atoms. The predicted octanol–water partition coefficient (Wildman–Crippen LogP) is 3.83. The molecule has 3 saturated carbocycles. The lowest BCUT2D eigenvalue weighted by molar-refractivity contribution is -0.191. The van der Waals surface area contributed by atoms with Crippen LogP contribution in [0.25, 0.3) is 0 Å². The van der Waals surface area contributed by atoms with Gasteiger partial charge in [0, 0.05) is 30.3 Å². The fourth-order valence-electron chi connectivity index (χ4n) is 6.91. The Bertz CT molecular complexity index is 593. The highest BCUT2D eigenvalue weighted by atomic mass is 16.5. The molecule has 0 aromatic heterocycles. The zero-order chi connectivity index (χ0) is 18.6. The number of rotatable bonds is 2. The van der Waals surface area contributed by atoms with Crippen molar-refractivity contribution in [2.75, 3.05) is 7.11 Å². The number of hydrogen-bond acceptors (Lipinski definition) is 3. The molecule has 140 valence electrons.